The van der Waals surface area contributed by atoms with Crippen LogP contribution < -0.4 is 5.73 Å². The van der Waals surface area contributed by atoms with Gasteiger partial charge in [0.2, 0.25) is 0 Å². The number of nitrogens with two attached hydrogens (primary N) is 1. The lowest BCUT2D eigenvalue weighted by Crippen LogP contribution is -2.37. The summed E-state index contributed by atoms with van der Waals surface area (Å²) in [5, 5.41) is 9.92. The van der Waals surface area contributed by atoms with Gasteiger partial charge in [-0.2, -0.15) is 11.8 Å². The Bertz CT molecular complexity index is 207. The molecule has 0 aromatic heterocycles. The zero-order chi connectivity index (χ0) is 12.1. The van der Waals surface area contributed by atoms with Crippen molar-refractivity contribution in [2.75, 3.05) is 18.6 Å². The van der Waals surface area contributed by atoms with Crippen LogP contribution in [0.25, 0.3) is 0 Å². The molecule has 5 heteroatoms. The smallest absolute Gasteiger partial charge is 0.323 e. The zero-order valence-electron chi connectivity index (χ0n) is 9.82. The predicted octanol–water partition coefficient (Wildman–Crippen LogP) is 0.627. The molecule has 4 nitrogen and oxygen atoms in total. The summed E-state index contributed by atoms with van der Waals surface area (Å²) < 4.78 is 4.50. The monoisotopic (exact) mass is 235 g/mol. The highest BCUT2D eigenvalue weighted by atomic mass is 32.2. The van der Waals surface area contributed by atoms with Crippen molar-refractivity contribution in [3.63, 3.8) is 0 Å². The predicted molar refractivity (Wildman–Crippen MR) is 62.8 cm³/mol. The molecule has 3 N–H and O–H groups in total. The number of hydrogen-bond acceptors (Lipinski definition) is 5. The van der Waals surface area contributed by atoms with Crippen LogP contribution in [0.1, 0.15) is 20.8 Å². The van der Waals surface area contributed by atoms with E-state index in [1.54, 1.807) is 6.92 Å². The van der Waals surface area contributed by atoms with Crippen LogP contribution in [0.2, 0.25) is 0 Å². The molecule has 15 heavy (non-hydrogen) atoms. The van der Waals surface area contributed by atoms with Gasteiger partial charge in [0.05, 0.1) is 12.7 Å². The summed E-state index contributed by atoms with van der Waals surface area (Å²) in [7, 11) is 1.32. The molecular formula is C10H21NO3S. The summed E-state index contributed by atoms with van der Waals surface area (Å²) in [6.07, 6.45) is 0. The molecule has 0 aliphatic heterocycles. The van der Waals surface area contributed by atoms with E-state index in [0.717, 1.165) is 0 Å². The minimum absolute atomic E-state index is 0.180. The maximum atomic E-state index is 11.0. The quantitative estimate of drug-likeness (QED) is 0.661. The fourth-order valence-electron chi connectivity index (χ4n) is 0.779. The third kappa shape index (κ3) is 5.39. The number of carbonyl (C=O) groups is 1. The van der Waals surface area contributed by atoms with Gasteiger partial charge in [-0.1, -0.05) is 13.8 Å². The number of thioether (sulfide) groups is 1. The van der Waals surface area contributed by atoms with Crippen molar-refractivity contribution in [1.29, 1.82) is 0 Å². The molecule has 0 radical (unpaired) electrons. The first-order chi connectivity index (χ1) is 6.81. The molecule has 0 aliphatic carbocycles. The minimum atomic E-state index is -0.722. The fourth-order valence-corrected chi connectivity index (χ4v) is 2.03. The highest BCUT2D eigenvalue weighted by Crippen LogP contribution is 2.21. The topological polar surface area (TPSA) is 72.5 Å². The largest absolute Gasteiger partial charge is 0.468 e. The van der Waals surface area contributed by atoms with Crippen molar-refractivity contribution in [3.05, 3.63) is 0 Å². The van der Waals surface area contributed by atoms with Crippen molar-refractivity contribution in [2.24, 2.45) is 11.7 Å². The highest BCUT2D eigenvalue weighted by Gasteiger charge is 2.25. The van der Waals surface area contributed by atoms with Crippen molar-refractivity contribution >= 4 is 17.7 Å². The van der Waals surface area contributed by atoms with Gasteiger partial charge in [0, 0.05) is 11.5 Å². The first kappa shape index (κ1) is 14.7. The van der Waals surface area contributed by atoms with E-state index in [1.165, 1.54) is 18.9 Å². The third-order valence-electron chi connectivity index (χ3n) is 2.44. The Balaban J connectivity index is 3.84. The molecule has 2 unspecified atom stereocenters. The molecule has 0 aliphatic rings. The van der Waals surface area contributed by atoms with Crippen molar-refractivity contribution < 1.29 is 14.6 Å². The molecule has 0 aromatic rings. The maximum Gasteiger partial charge on any atom is 0.323 e. The molecule has 0 saturated heterocycles. The van der Waals surface area contributed by atoms with Gasteiger partial charge in [-0.3, -0.25) is 4.79 Å². The van der Waals surface area contributed by atoms with Crippen LogP contribution in [0.15, 0.2) is 0 Å². The van der Waals surface area contributed by atoms with Gasteiger partial charge >= 0.3 is 5.97 Å². The van der Waals surface area contributed by atoms with E-state index in [0.29, 0.717) is 11.5 Å². The van der Waals surface area contributed by atoms with Gasteiger partial charge in [0.1, 0.15) is 6.04 Å². The molecule has 0 heterocycles. The number of methoxy groups -OCH3 is 1. The minimum Gasteiger partial charge on any atom is -0.468 e. The van der Waals surface area contributed by atoms with Crippen molar-refractivity contribution in [1.82, 2.24) is 0 Å². The van der Waals surface area contributed by atoms with Crippen LogP contribution in [0.5, 0.6) is 0 Å². The third-order valence-corrected chi connectivity index (χ3v) is 3.82. The van der Waals surface area contributed by atoms with E-state index in [-0.39, 0.29) is 5.92 Å². The Morgan fingerprint density at radius 3 is 2.53 bits per heavy atom. The van der Waals surface area contributed by atoms with E-state index in [1.807, 2.05) is 13.8 Å². The summed E-state index contributed by atoms with van der Waals surface area (Å²) in [5.41, 5.74) is 4.83. The molecule has 2 atom stereocenters. The Morgan fingerprint density at radius 2 is 2.13 bits per heavy atom. The summed E-state index contributed by atoms with van der Waals surface area (Å²) in [4.78, 5) is 11.0. The SMILES string of the molecule is COC(=O)C(N)CSCC(C)(O)C(C)C. The summed E-state index contributed by atoms with van der Waals surface area (Å²) in [6.45, 7) is 5.70. The lowest BCUT2D eigenvalue weighted by Gasteiger charge is -2.27. The Morgan fingerprint density at radius 1 is 1.60 bits per heavy atom. The Hall–Kier alpha value is -0.260. The molecule has 0 saturated carbocycles. The summed E-state index contributed by atoms with van der Waals surface area (Å²) in [5.74, 6) is 0.802. The fraction of sp³-hybridized carbons (Fsp3) is 0.900. The van der Waals surface area contributed by atoms with E-state index >= 15 is 0 Å². The number of carbonyl (C=O) groups excluding carboxylic acids is 1. The van der Waals surface area contributed by atoms with Gasteiger partial charge < -0.3 is 15.6 Å². The molecule has 0 amide bonds. The first-order valence-corrected chi connectivity index (χ1v) is 6.10. The van der Waals surface area contributed by atoms with Gasteiger partial charge in [-0.05, 0) is 12.8 Å². The van der Waals surface area contributed by atoms with Gasteiger partial charge in [0.15, 0.2) is 0 Å². The molecule has 0 fully saturated rings. The second-order valence-electron chi connectivity index (χ2n) is 4.16. The van der Waals surface area contributed by atoms with Gasteiger partial charge in [-0.25, -0.2) is 0 Å². The number of hydrogen-bond donors (Lipinski definition) is 2. The second kappa shape index (κ2) is 6.35. The normalized spacial score (nSPS) is 17.3. The van der Waals surface area contributed by atoms with E-state index < -0.39 is 17.6 Å². The van der Waals surface area contributed by atoms with E-state index in [4.69, 9.17) is 5.73 Å². The second-order valence-corrected chi connectivity index (χ2v) is 5.19. The number of aliphatic hydroxyl groups is 1. The van der Waals surface area contributed by atoms with Crippen LogP contribution in [0.4, 0.5) is 0 Å². The van der Waals surface area contributed by atoms with Crippen LogP contribution in [-0.2, 0) is 9.53 Å². The van der Waals surface area contributed by atoms with E-state index in [9.17, 15) is 9.90 Å². The summed E-state index contributed by atoms with van der Waals surface area (Å²) in [6, 6.07) is -0.608. The Labute approximate surface area is 95.6 Å². The lowest BCUT2D eigenvalue weighted by atomic mass is 9.95. The number of rotatable bonds is 6. The van der Waals surface area contributed by atoms with Crippen LogP contribution in [-0.4, -0.2) is 41.3 Å². The molecule has 0 aromatic carbocycles. The maximum absolute atomic E-state index is 11.0. The van der Waals surface area contributed by atoms with Crippen LogP contribution in [0.3, 0.4) is 0 Å². The van der Waals surface area contributed by atoms with E-state index in [2.05, 4.69) is 4.74 Å². The molecule has 0 rings (SSSR count). The molecule has 0 spiro atoms. The lowest BCUT2D eigenvalue weighted by molar-refractivity contribution is -0.141. The number of esters is 1. The zero-order valence-corrected chi connectivity index (χ0v) is 10.6. The highest BCUT2D eigenvalue weighted by molar-refractivity contribution is 7.99. The van der Waals surface area contributed by atoms with Gasteiger partial charge in [-0.15, -0.1) is 0 Å². The average Bonchev–Trinajstić information content (AvgIpc) is 2.15. The van der Waals surface area contributed by atoms with Crippen molar-refractivity contribution in [3.8, 4) is 0 Å². The average molecular weight is 235 g/mol. The van der Waals surface area contributed by atoms with Crippen LogP contribution in [0, 0.1) is 5.92 Å². The standard InChI is InChI=1S/C10H21NO3S/c1-7(2)10(3,13)6-15-5-8(11)9(12)14-4/h7-8,13H,5-6,11H2,1-4H3. The molecule has 90 valence electrons. The Kier molecular flexibility index (Phi) is 6.24. The molecular weight excluding hydrogens is 214 g/mol. The first-order valence-electron chi connectivity index (χ1n) is 4.94. The van der Waals surface area contributed by atoms with Gasteiger partial charge in [0.25, 0.3) is 0 Å². The summed E-state index contributed by atoms with van der Waals surface area (Å²) >= 11 is 1.46. The molecule has 0 bridgehead atoms. The number of ether oxygens (including phenoxy) is 1. The van der Waals surface area contributed by atoms with Crippen LogP contribution >= 0.6 is 11.8 Å². The van der Waals surface area contributed by atoms with Crippen molar-refractivity contribution in [2.45, 2.75) is 32.4 Å².